The zero-order valence-corrected chi connectivity index (χ0v) is 14.3. The van der Waals surface area contributed by atoms with Crippen LogP contribution in [-0.4, -0.2) is 40.5 Å². The van der Waals surface area contributed by atoms with Gasteiger partial charge in [-0.2, -0.15) is 0 Å². The maximum Gasteiger partial charge on any atom is 0.317 e. The van der Waals surface area contributed by atoms with Gasteiger partial charge in [-0.1, -0.05) is 13.8 Å². The van der Waals surface area contributed by atoms with E-state index in [9.17, 15) is 4.79 Å². The van der Waals surface area contributed by atoms with Crippen molar-refractivity contribution in [3.8, 4) is 0 Å². The minimum absolute atomic E-state index is 0.0720. The molecule has 0 aromatic carbocycles. The summed E-state index contributed by atoms with van der Waals surface area (Å²) in [5.74, 6) is 3.06. The minimum atomic E-state index is 0.0720. The summed E-state index contributed by atoms with van der Waals surface area (Å²) < 4.78 is 0. The molecule has 0 radical (unpaired) electrons. The minimum Gasteiger partial charge on any atom is -0.338 e. The number of hydrogen-bond donors (Lipinski definition) is 1. The van der Waals surface area contributed by atoms with Gasteiger partial charge in [-0.3, -0.25) is 0 Å². The number of amides is 2. The van der Waals surface area contributed by atoms with Crippen molar-refractivity contribution in [1.82, 2.24) is 20.2 Å². The predicted molar refractivity (Wildman–Crippen MR) is 90.2 cm³/mol. The second kappa shape index (κ2) is 7.28. The molecule has 0 bridgehead atoms. The molecule has 5 nitrogen and oxygen atoms in total. The zero-order valence-electron chi connectivity index (χ0n) is 14.3. The Kier molecular flexibility index (Phi) is 5.13. The highest BCUT2D eigenvalue weighted by Crippen LogP contribution is 2.37. The summed E-state index contributed by atoms with van der Waals surface area (Å²) in [6.45, 7) is 6.96. The molecule has 2 aliphatic rings. The maximum absolute atomic E-state index is 12.2. The molecule has 1 aliphatic carbocycles. The summed E-state index contributed by atoms with van der Waals surface area (Å²) in [7, 11) is 0. The van der Waals surface area contributed by atoms with E-state index < -0.39 is 0 Å². The number of hydrogen-bond acceptors (Lipinski definition) is 3. The molecule has 5 heteroatoms. The van der Waals surface area contributed by atoms with Gasteiger partial charge in [-0.15, -0.1) is 0 Å². The van der Waals surface area contributed by atoms with Gasteiger partial charge in [0.2, 0.25) is 0 Å². The summed E-state index contributed by atoms with van der Waals surface area (Å²) in [6, 6.07) is 0.0720. The lowest BCUT2D eigenvalue weighted by Gasteiger charge is -2.33. The lowest BCUT2D eigenvalue weighted by molar-refractivity contribution is 0.157. The van der Waals surface area contributed by atoms with E-state index in [1.165, 1.54) is 12.8 Å². The van der Waals surface area contributed by atoms with Crippen molar-refractivity contribution < 1.29 is 4.79 Å². The fourth-order valence-electron chi connectivity index (χ4n) is 3.24. The van der Waals surface area contributed by atoms with E-state index in [0.29, 0.717) is 12.5 Å². The Balaban J connectivity index is 1.37. The van der Waals surface area contributed by atoms with E-state index in [1.54, 1.807) is 0 Å². The molecule has 1 N–H and O–H groups in total. The average Bonchev–Trinajstić information content (AvgIpc) is 3.40. The van der Waals surface area contributed by atoms with Crippen molar-refractivity contribution >= 4 is 6.03 Å². The lowest BCUT2D eigenvalue weighted by Crippen LogP contribution is -2.45. The van der Waals surface area contributed by atoms with Crippen molar-refractivity contribution in [1.29, 1.82) is 0 Å². The van der Waals surface area contributed by atoms with E-state index in [2.05, 4.69) is 29.1 Å². The zero-order chi connectivity index (χ0) is 16.2. The quantitative estimate of drug-likeness (QED) is 0.908. The molecule has 1 aromatic heterocycles. The summed E-state index contributed by atoms with van der Waals surface area (Å²) in [4.78, 5) is 23.0. The van der Waals surface area contributed by atoms with E-state index in [4.69, 9.17) is 0 Å². The van der Waals surface area contributed by atoms with Crippen LogP contribution >= 0.6 is 0 Å². The van der Waals surface area contributed by atoms with Gasteiger partial charge in [-0.05, 0) is 49.5 Å². The molecule has 23 heavy (non-hydrogen) atoms. The third kappa shape index (κ3) is 4.43. The van der Waals surface area contributed by atoms with Gasteiger partial charge in [0.05, 0.1) is 0 Å². The van der Waals surface area contributed by atoms with Crippen LogP contribution in [0.1, 0.15) is 56.8 Å². The normalized spacial score (nSPS) is 19.2. The molecule has 2 heterocycles. The van der Waals surface area contributed by atoms with Gasteiger partial charge in [0, 0.05) is 37.9 Å². The number of urea groups is 1. The first kappa shape index (κ1) is 16.2. The number of likely N-dealkylation sites (tertiary alicyclic amines) is 1. The monoisotopic (exact) mass is 316 g/mol. The third-order valence-electron chi connectivity index (χ3n) is 5.13. The van der Waals surface area contributed by atoms with Crippen molar-refractivity contribution in [2.45, 2.75) is 51.9 Å². The molecule has 1 saturated heterocycles. The van der Waals surface area contributed by atoms with Gasteiger partial charge < -0.3 is 10.2 Å². The Bertz CT molecular complexity index is 516. The van der Waals surface area contributed by atoms with E-state index in [-0.39, 0.29) is 6.03 Å². The van der Waals surface area contributed by atoms with E-state index in [1.807, 2.05) is 17.3 Å². The number of piperidine rings is 1. The molecule has 0 atom stereocenters. The summed E-state index contributed by atoms with van der Waals surface area (Å²) in [6.07, 6.45) is 9.30. The van der Waals surface area contributed by atoms with Crippen LogP contribution in [0.5, 0.6) is 0 Å². The van der Waals surface area contributed by atoms with E-state index >= 15 is 0 Å². The van der Waals surface area contributed by atoms with Crippen LogP contribution in [0.25, 0.3) is 0 Å². The van der Waals surface area contributed by atoms with Gasteiger partial charge in [0.15, 0.2) is 0 Å². The number of nitrogens with one attached hydrogen (secondary N) is 1. The molecule has 0 spiro atoms. The van der Waals surface area contributed by atoms with Crippen molar-refractivity contribution in [3.05, 3.63) is 23.8 Å². The van der Waals surface area contributed by atoms with Crippen LogP contribution in [0.15, 0.2) is 12.4 Å². The van der Waals surface area contributed by atoms with E-state index in [0.717, 1.165) is 55.6 Å². The first-order valence-corrected chi connectivity index (χ1v) is 8.97. The Morgan fingerprint density at radius 2 is 1.87 bits per heavy atom. The lowest BCUT2D eigenvalue weighted by atomic mass is 9.87. The molecule has 0 unspecified atom stereocenters. The highest BCUT2D eigenvalue weighted by molar-refractivity contribution is 5.74. The highest BCUT2D eigenvalue weighted by atomic mass is 16.2. The van der Waals surface area contributed by atoms with Crippen molar-refractivity contribution in [2.75, 3.05) is 19.6 Å². The summed E-state index contributed by atoms with van der Waals surface area (Å²) in [5.41, 5.74) is 1.09. The molecule has 1 aromatic rings. The van der Waals surface area contributed by atoms with Gasteiger partial charge in [0.25, 0.3) is 0 Å². The number of rotatable bonds is 5. The van der Waals surface area contributed by atoms with Crippen LogP contribution < -0.4 is 5.32 Å². The number of carbonyl (C=O) groups excluding carboxylic acids is 1. The van der Waals surface area contributed by atoms with Crippen molar-refractivity contribution in [3.63, 3.8) is 0 Å². The SMILES string of the molecule is CC(C)C1CCN(C(=O)NCCc2cnc(C3CC3)nc2)CC1. The Hall–Kier alpha value is -1.65. The molecule has 3 rings (SSSR count). The van der Waals surface area contributed by atoms with Gasteiger partial charge in [-0.25, -0.2) is 14.8 Å². The molecule has 126 valence electrons. The van der Waals surface area contributed by atoms with Crippen LogP contribution in [-0.2, 0) is 6.42 Å². The Morgan fingerprint density at radius 3 is 2.43 bits per heavy atom. The topological polar surface area (TPSA) is 58.1 Å². The smallest absolute Gasteiger partial charge is 0.317 e. The molecule has 2 amide bonds. The Morgan fingerprint density at radius 1 is 1.22 bits per heavy atom. The van der Waals surface area contributed by atoms with Gasteiger partial charge in [0.1, 0.15) is 5.82 Å². The second-order valence-corrected chi connectivity index (χ2v) is 7.27. The summed E-state index contributed by atoms with van der Waals surface area (Å²) >= 11 is 0. The first-order chi connectivity index (χ1) is 11.1. The fourth-order valence-corrected chi connectivity index (χ4v) is 3.24. The largest absolute Gasteiger partial charge is 0.338 e. The number of nitrogens with zero attached hydrogens (tertiary/aromatic N) is 3. The average molecular weight is 316 g/mol. The standard InChI is InChI=1S/C18H28N4O/c1-13(2)15-6-9-22(10-7-15)18(23)19-8-5-14-11-20-17(21-12-14)16-3-4-16/h11-13,15-16H,3-10H2,1-2H3,(H,19,23). The second-order valence-electron chi connectivity index (χ2n) is 7.27. The molecule has 1 saturated carbocycles. The van der Waals surface area contributed by atoms with Crippen LogP contribution in [0, 0.1) is 11.8 Å². The fraction of sp³-hybridized carbons (Fsp3) is 0.722. The molecular formula is C18H28N4O. The summed E-state index contributed by atoms with van der Waals surface area (Å²) in [5, 5.41) is 3.03. The van der Waals surface area contributed by atoms with Crippen LogP contribution in [0.3, 0.4) is 0 Å². The van der Waals surface area contributed by atoms with Crippen LogP contribution in [0.2, 0.25) is 0 Å². The molecular weight excluding hydrogens is 288 g/mol. The predicted octanol–water partition coefficient (Wildman–Crippen LogP) is 2.97. The van der Waals surface area contributed by atoms with Crippen molar-refractivity contribution in [2.24, 2.45) is 11.8 Å². The Labute approximate surface area is 138 Å². The number of carbonyl (C=O) groups is 1. The molecule has 1 aliphatic heterocycles. The maximum atomic E-state index is 12.2. The highest BCUT2D eigenvalue weighted by Gasteiger charge is 2.26. The molecule has 2 fully saturated rings. The van der Waals surface area contributed by atoms with Gasteiger partial charge >= 0.3 is 6.03 Å². The first-order valence-electron chi connectivity index (χ1n) is 8.97. The van der Waals surface area contributed by atoms with Crippen LogP contribution in [0.4, 0.5) is 4.79 Å². The number of aromatic nitrogens is 2. The third-order valence-corrected chi connectivity index (χ3v) is 5.13.